The maximum absolute atomic E-state index is 12.6. The molecular formula is C17H17ClN4O3. The van der Waals surface area contributed by atoms with Crippen LogP contribution in [0.3, 0.4) is 0 Å². The highest BCUT2D eigenvalue weighted by atomic mass is 35.5. The Morgan fingerprint density at radius 2 is 2.04 bits per heavy atom. The number of aliphatic hydroxyl groups excluding tert-OH is 1. The van der Waals surface area contributed by atoms with Gasteiger partial charge in [0.2, 0.25) is 5.88 Å². The first-order valence-corrected chi connectivity index (χ1v) is 7.93. The fourth-order valence-corrected chi connectivity index (χ4v) is 2.42. The number of azo groups is 1. The van der Waals surface area contributed by atoms with Gasteiger partial charge in [-0.2, -0.15) is 10.4 Å². The molecule has 0 radical (unpaired) electrons. The van der Waals surface area contributed by atoms with E-state index < -0.39 is 11.4 Å². The minimum atomic E-state index is -0.579. The molecule has 7 nitrogen and oxygen atoms in total. The number of hydrogen-bond acceptors (Lipinski definition) is 6. The SMILES string of the molecule is Cc1ccc(N=Nc2c(C)c(C#N)c(O)n(CCCO)c2=O)cc1Cl. The number of rotatable bonds is 5. The van der Waals surface area contributed by atoms with Gasteiger partial charge in [0, 0.05) is 23.7 Å². The molecule has 0 aliphatic rings. The van der Waals surface area contributed by atoms with Gasteiger partial charge in [0.15, 0.2) is 5.69 Å². The molecule has 0 atom stereocenters. The second-order valence-corrected chi connectivity index (χ2v) is 5.86. The van der Waals surface area contributed by atoms with Crippen LogP contribution in [0, 0.1) is 25.2 Å². The Bertz CT molecular complexity index is 929. The third-order valence-corrected chi connectivity index (χ3v) is 4.14. The Morgan fingerprint density at radius 1 is 1.32 bits per heavy atom. The third kappa shape index (κ3) is 3.87. The molecule has 0 unspecified atom stereocenters. The van der Waals surface area contributed by atoms with Crippen molar-refractivity contribution >= 4 is 23.0 Å². The summed E-state index contributed by atoms with van der Waals surface area (Å²) in [5, 5.41) is 36.8. The summed E-state index contributed by atoms with van der Waals surface area (Å²) in [6, 6.07) is 6.97. The summed E-state index contributed by atoms with van der Waals surface area (Å²) in [6.45, 7) is 3.29. The molecule has 2 aromatic rings. The second kappa shape index (κ2) is 7.92. The summed E-state index contributed by atoms with van der Waals surface area (Å²) in [5.41, 5.74) is 0.927. The number of aromatic hydroxyl groups is 1. The average molecular weight is 361 g/mol. The first-order valence-electron chi connectivity index (χ1n) is 7.56. The molecule has 2 rings (SSSR count). The van der Waals surface area contributed by atoms with Crippen LogP contribution in [0.15, 0.2) is 33.2 Å². The summed E-state index contributed by atoms with van der Waals surface area (Å²) >= 11 is 6.04. The van der Waals surface area contributed by atoms with Gasteiger partial charge in [0.05, 0.1) is 5.69 Å². The van der Waals surface area contributed by atoms with Crippen molar-refractivity contribution in [1.29, 1.82) is 5.26 Å². The number of aryl methyl sites for hydroxylation is 1. The molecule has 1 aromatic heterocycles. The molecule has 0 aliphatic heterocycles. The van der Waals surface area contributed by atoms with E-state index in [0.29, 0.717) is 10.7 Å². The minimum absolute atomic E-state index is 0.0380. The van der Waals surface area contributed by atoms with E-state index in [1.54, 1.807) is 18.2 Å². The van der Waals surface area contributed by atoms with Gasteiger partial charge < -0.3 is 10.2 Å². The maximum atomic E-state index is 12.6. The Kier molecular flexibility index (Phi) is 5.91. The van der Waals surface area contributed by atoms with Gasteiger partial charge in [-0.05, 0) is 38.0 Å². The zero-order valence-electron chi connectivity index (χ0n) is 13.8. The van der Waals surface area contributed by atoms with Crippen LogP contribution in [-0.4, -0.2) is 21.4 Å². The molecular weight excluding hydrogens is 344 g/mol. The number of aliphatic hydroxyl groups is 1. The van der Waals surface area contributed by atoms with Crippen molar-refractivity contribution in [2.45, 2.75) is 26.8 Å². The Morgan fingerprint density at radius 3 is 2.64 bits per heavy atom. The highest BCUT2D eigenvalue weighted by Gasteiger charge is 2.18. The van der Waals surface area contributed by atoms with Crippen LogP contribution in [0.25, 0.3) is 0 Å². The standard InChI is InChI=1S/C17H17ClN4O3/c1-10-4-5-12(8-14(10)18)20-21-15-11(2)13(9-19)16(24)22(17(15)25)6-3-7-23/h4-5,8,23-24H,3,6-7H2,1-2H3. The van der Waals surface area contributed by atoms with Crippen molar-refractivity contribution in [2.75, 3.05) is 6.61 Å². The Labute approximate surface area is 149 Å². The van der Waals surface area contributed by atoms with Gasteiger partial charge in [0.1, 0.15) is 11.6 Å². The first-order chi connectivity index (χ1) is 11.9. The van der Waals surface area contributed by atoms with Crippen molar-refractivity contribution in [3.05, 3.63) is 50.3 Å². The van der Waals surface area contributed by atoms with Crippen molar-refractivity contribution in [2.24, 2.45) is 10.2 Å². The maximum Gasteiger partial charge on any atom is 0.281 e. The zero-order chi connectivity index (χ0) is 18.6. The lowest BCUT2D eigenvalue weighted by atomic mass is 10.1. The number of aromatic nitrogens is 1. The molecule has 8 heteroatoms. The van der Waals surface area contributed by atoms with Gasteiger partial charge in [-0.15, -0.1) is 5.11 Å². The summed E-state index contributed by atoms with van der Waals surface area (Å²) in [7, 11) is 0. The second-order valence-electron chi connectivity index (χ2n) is 5.45. The molecule has 0 aliphatic carbocycles. The number of nitriles is 1. The number of nitrogens with zero attached hydrogens (tertiary/aromatic N) is 4. The van der Waals surface area contributed by atoms with Crippen LogP contribution in [-0.2, 0) is 6.54 Å². The van der Waals surface area contributed by atoms with Crippen molar-refractivity contribution in [1.82, 2.24) is 4.57 Å². The quantitative estimate of drug-likeness (QED) is 0.795. The van der Waals surface area contributed by atoms with Crippen LogP contribution in [0.2, 0.25) is 5.02 Å². The van der Waals surface area contributed by atoms with Crippen molar-refractivity contribution in [3.8, 4) is 11.9 Å². The first kappa shape index (κ1) is 18.6. The van der Waals surface area contributed by atoms with Crippen LogP contribution in [0.5, 0.6) is 5.88 Å². The van der Waals surface area contributed by atoms with Gasteiger partial charge in [0.25, 0.3) is 5.56 Å². The van der Waals surface area contributed by atoms with E-state index in [0.717, 1.165) is 10.1 Å². The third-order valence-electron chi connectivity index (χ3n) is 3.73. The van der Waals surface area contributed by atoms with Crippen molar-refractivity contribution in [3.63, 3.8) is 0 Å². The molecule has 1 heterocycles. The van der Waals surface area contributed by atoms with E-state index in [1.165, 1.54) is 6.92 Å². The van der Waals surface area contributed by atoms with Gasteiger partial charge in [-0.3, -0.25) is 9.36 Å². The van der Waals surface area contributed by atoms with Crippen molar-refractivity contribution < 1.29 is 10.2 Å². The lowest BCUT2D eigenvalue weighted by molar-refractivity contribution is 0.274. The molecule has 0 spiro atoms. The van der Waals surface area contributed by atoms with Crippen LogP contribution in [0.1, 0.15) is 23.1 Å². The Hall–Kier alpha value is -2.69. The average Bonchev–Trinajstić information content (AvgIpc) is 2.58. The number of benzene rings is 1. The lowest BCUT2D eigenvalue weighted by Gasteiger charge is -2.12. The molecule has 0 fully saturated rings. The normalized spacial score (nSPS) is 11.0. The van der Waals surface area contributed by atoms with Crippen LogP contribution in [0.4, 0.5) is 11.4 Å². The van der Waals surface area contributed by atoms with E-state index in [4.69, 9.17) is 16.7 Å². The molecule has 1 aromatic carbocycles. The number of hydrogen-bond donors (Lipinski definition) is 2. The molecule has 0 amide bonds. The molecule has 130 valence electrons. The number of pyridine rings is 1. The lowest BCUT2D eigenvalue weighted by Crippen LogP contribution is -2.22. The molecule has 2 N–H and O–H groups in total. The molecule has 0 bridgehead atoms. The highest BCUT2D eigenvalue weighted by molar-refractivity contribution is 6.31. The van der Waals surface area contributed by atoms with Gasteiger partial charge in [-0.1, -0.05) is 17.7 Å². The predicted molar refractivity (Wildman–Crippen MR) is 93.9 cm³/mol. The topological polar surface area (TPSA) is 111 Å². The summed E-state index contributed by atoms with van der Waals surface area (Å²) in [6.07, 6.45) is 0.256. The largest absolute Gasteiger partial charge is 0.493 e. The smallest absolute Gasteiger partial charge is 0.281 e. The fourth-order valence-electron chi connectivity index (χ4n) is 2.25. The molecule has 0 saturated carbocycles. The van der Waals surface area contributed by atoms with Crippen LogP contribution < -0.4 is 5.56 Å². The monoisotopic (exact) mass is 360 g/mol. The summed E-state index contributed by atoms with van der Waals surface area (Å²) in [4.78, 5) is 12.6. The fraction of sp³-hybridized carbons (Fsp3) is 0.294. The zero-order valence-corrected chi connectivity index (χ0v) is 14.6. The van der Waals surface area contributed by atoms with E-state index in [2.05, 4.69) is 10.2 Å². The predicted octanol–water partition coefficient (Wildman–Crippen LogP) is 3.49. The van der Waals surface area contributed by atoms with E-state index in [1.807, 2.05) is 13.0 Å². The summed E-state index contributed by atoms with van der Waals surface area (Å²) in [5.74, 6) is -0.434. The Balaban J connectivity index is 2.56. The van der Waals surface area contributed by atoms with Gasteiger partial charge >= 0.3 is 0 Å². The highest BCUT2D eigenvalue weighted by Crippen LogP contribution is 2.28. The van der Waals surface area contributed by atoms with Crippen LogP contribution >= 0.6 is 11.6 Å². The minimum Gasteiger partial charge on any atom is -0.493 e. The molecule has 0 saturated heterocycles. The van der Waals surface area contributed by atoms with E-state index in [9.17, 15) is 15.2 Å². The number of halogens is 1. The summed E-state index contributed by atoms with van der Waals surface area (Å²) < 4.78 is 1.01. The van der Waals surface area contributed by atoms with E-state index >= 15 is 0 Å². The molecule has 25 heavy (non-hydrogen) atoms. The van der Waals surface area contributed by atoms with Gasteiger partial charge in [-0.25, -0.2) is 0 Å². The van der Waals surface area contributed by atoms with E-state index in [-0.39, 0.29) is 36.4 Å².